The highest BCUT2D eigenvalue weighted by molar-refractivity contribution is 7.99. The number of nitrogens with zero attached hydrogens (tertiary/aromatic N) is 3. The molecule has 37 heavy (non-hydrogen) atoms. The fraction of sp³-hybridized carbons (Fsp3) is 0.258. The molecule has 0 spiro atoms. The third-order valence-corrected chi connectivity index (χ3v) is 7.47. The monoisotopic (exact) mass is 511 g/mol. The molecule has 1 amide bonds. The first-order valence-corrected chi connectivity index (χ1v) is 13.5. The van der Waals surface area contributed by atoms with E-state index in [-0.39, 0.29) is 17.2 Å². The minimum atomic E-state index is -0.0618. The first-order chi connectivity index (χ1) is 17.9. The van der Waals surface area contributed by atoms with Crippen LogP contribution >= 0.6 is 11.8 Å². The molecule has 0 fully saturated rings. The lowest BCUT2D eigenvalue weighted by Gasteiger charge is -2.23. The van der Waals surface area contributed by atoms with Gasteiger partial charge in [-0.2, -0.15) is 0 Å². The van der Waals surface area contributed by atoms with Gasteiger partial charge in [0.1, 0.15) is 0 Å². The molecule has 0 aliphatic heterocycles. The first-order valence-electron chi connectivity index (χ1n) is 12.5. The maximum absolute atomic E-state index is 13.3. The van der Waals surface area contributed by atoms with E-state index in [1.54, 1.807) is 11.6 Å². The van der Waals surface area contributed by atoms with Crippen LogP contribution in [0.3, 0.4) is 0 Å². The van der Waals surface area contributed by atoms with Gasteiger partial charge in [-0.05, 0) is 37.0 Å². The van der Waals surface area contributed by atoms with E-state index in [9.17, 15) is 9.59 Å². The highest BCUT2D eigenvalue weighted by Crippen LogP contribution is 2.19. The molecule has 1 aromatic heterocycles. The van der Waals surface area contributed by atoms with Gasteiger partial charge in [0.2, 0.25) is 5.91 Å². The molecule has 0 unspecified atom stereocenters. The van der Waals surface area contributed by atoms with E-state index in [0.717, 1.165) is 17.5 Å². The third kappa shape index (κ3) is 7.20. The Morgan fingerprint density at radius 3 is 2.14 bits per heavy atom. The zero-order valence-corrected chi connectivity index (χ0v) is 22.5. The average Bonchev–Trinajstić information content (AvgIpc) is 2.92. The number of aryl methyl sites for hydroxylation is 2. The van der Waals surface area contributed by atoms with Crippen molar-refractivity contribution in [3.05, 3.63) is 129 Å². The van der Waals surface area contributed by atoms with Gasteiger partial charge in [0.05, 0.1) is 5.75 Å². The second-order valence-electron chi connectivity index (χ2n) is 9.31. The number of hydrogen-bond acceptors (Lipinski definition) is 4. The van der Waals surface area contributed by atoms with E-state index < -0.39 is 0 Å². The summed E-state index contributed by atoms with van der Waals surface area (Å²) < 4.78 is 1.57. The van der Waals surface area contributed by atoms with Crippen LogP contribution < -0.4 is 5.56 Å². The van der Waals surface area contributed by atoms with Gasteiger partial charge in [-0.3, -0.25) is 14.2 Å². The van der Waals surface area contributed by atoms with Crippen LogP contribution in [0.15, 0.2) is 94.9 Å². The van der Waals surface area contributed by atoms with Crippen molar-refractivity contribution in [1.82, 2.24) is 14.5 Å². The van der Waals surface area contributed by atoms with E-state index in [1.165, 1.54) is 22.9 Å². The van der Waals surface area contributed by atoms with Gasteiger partial charge in [0, 0.05) is 37.8 Å². The smallest absolute Gasteiger partial charge is 0.257 e. The Bertz CT molecular complexity index is 1380. The fourth-order valence-electron chi connectivity index (χ4n) is 4.19. The molecule has 6 heteroatoms. The van der Waals surface area contributed by atoms with E-state index in [0.29, 0.717) is 35.9 Å². The van der Waals surface area contributed by atoms with E-state index in [1.807, 2.05) is 79.4 Å². The molecule has 0 atom stereocenters. The number of amides is 1. The van der Waals surface area contributed by atoms with Crippen molar-refractivity contribution in [2.45, 2.75) is 38.4 Å². The molecule has 0 radical (unpaired) electrons. The number of carbonyl (C=O) groups is 1. The maximum Gasteiger partial charge on any atom is 0.257 e. The van der Waals surface area contributed by atoms with E-state index in [2.05, 4.69) is 24.3 Å². The van der Waals surface area contributed by atoms with Crippen molar-refractivity contribution < 1.29 is 4.79 Å². The minimum absolute atomic E-state index is 0.0282. The molecule has 4 rings (SSSR count). The van der Waals surface area contributed by atoms with Gasteiger partial charge in [-0.1, -0.05) is 102 Å². The lowest BCUT2D eigenvalue weighted by atomic mass is 10.0. The number of aromatic nitrogens is 2. The zero-order valence-electron chi connectivity index (χ0n) is 21.7. The Hall–Kier alpha value is -3.64. The van der Waals surface area contributed by atoms with Gasteiger partial charge in [0.15, 0.2) is 5.16 Å². The largest absolute Gasteiger partial charge is 0.337 e. The molecule has 0 saturated heterocycles. The number of carbonyl (C=O) groups excluding carboxylic acids is 1. The molecule has 0 N–H and O–H groups in total. The Labute approximate surface area is 223 Å². The number of thioether (sulfide) groups is 1. The van der Waals surface area contributed by atoms with Crippen molar-refractivity contribution in [2.24, 2.45) is 7.05 Å². The van der Waals surface area contributed by atoms with Crippen LogP contribution in [-0.4, -0.2) is 32.7 Å². The summed E-state index contributed by atoms with van der Waals surface area (Å²) in [6, 6.07) is 28.4. The van der Waals surface area contributed by atoms with E-state index in [4.69, 9.17) is 4.98 Å². The van der Waals surface area contributed by atoms with Gasteiger partial charge < -0.3 is 4.90 Å². The SMILES string of the molecule is Cc1ccc(Cc2c(C)nc(SCC(=O)N(CCc3ccccc3)Cc3ccccc3)n(C)c2=O)cc1. The summed E-state index contributed by atoms with van der Waals surface area (Å²) in [6.07, 6.45) is 1.33. The quantitative estimate of drug-likeness (QED) is 0.213. The normalized spacial score (nSPS) is 10.9. The minimum Gasteiger partial charge on any atom is -0.337 e. The average molecular weight is 512 g/mol. The second-order valence-corrected chi connectivity index (χ2v) is 10.3. The molecule has 190 valence electrons. The summed E-state index contributed by atoms with van der Waals surface area (Å²) in [5.41, 5.74) is 5.90. The zero-order chi connectivity index (χ0) is 26.2. The number of rotatable bonds is 10. The van der Waals surface area contributed by atoms with Crippen LogP contribution in [0.1, 0.15) is 33.5 Å². The molecule has 0 bridgehead atoms. The molecule has 0 saturated carbocycles. The fourth-order valence-corrected chi connectivity index (χ4v) is 5.11. The van der Waals surface area contributed by atoms with Crippen LogP contribution in [0.4, 0.5) is 0 Å². The first kappa shape index (κ1) is 26.4. The lowest BCUT2D eigenvalue weighted by molar-refractivity contribution is -0.128. The van der Waals surface area contributed by atoms with Crippen molar-refractivity contribution >= 4 is 17.7 Å². The number of benzene rings is 3. The lowest BCUT2D eigenvalue weighted by Crippen LogP contribution is -2.34. The Kier molecular flexibility index (Phi) is 8.96. The summed E-state index contributed by atoms with van der Waals surface area (Å²) in [6.45, 7) is 5.09. The van der Waals surface area contributed by atoms with Gasteiger partial charge in [-0.25, -0.2) is 4.98 Å². The standard InChI is InChI=1S/C31H33N3O2S/c1-23-14-16-26(17-15-23)20-28-24(2)32-31(33(3)30(28)36)37-22-29(35)34(21-27-12-8-5-9-13-27)19-18-25-10-6-4-7-11-25/h4-17H,18-22H2,1-3H3. The van der Waals surface area contributed by atoms with E-state index >= 15 is 0 Å². The Morgan fingerprint density at radius 1 is 0.865 bits per heavy atom. The van der Waals surface area contributed by atoms with Crippen LogP contribution in [0, 0.1) is 13.8 Å². The maximum atomic E-state index is 13.3. The summed E-state index contributed by atoms with van der Waals surface area (Å²) in [4.78, 5) is 33.1. The molecule has 0 aliphatic carbocycles. The van der Waals surface area contributed by atoms with Crippen molar-refractivity contribution in [1.29, 1.82) is 0 Å². The third-order valence-electron chi connectivity index (χ3n) is 6.46. The molecule has 5 nitrogen and oxygen atoms in total. The molecule has 4 aromatic rings. The van der Waals surface area contributed by atoms with Crippen LogP contribution in [0.5, 0.6) is 0 Å². The molecule has 3 aromatic carbocycles. The number of hydrogen-bond donors (Lipinski definition) is 0. The Balaban J connectivity index is 1.47. The van der Waals surface area contributed by atoms with Gasteiger partial charge in [0.25, 0.3) is 5.56 Å². The topological polar surface area (TPSA) is 55.2 Å². The van der Waals surface area contributed by atoms with Gasteiger partial charge in [-0.15, -0.1) is 0 Å². The van der Waals surface area contributed by atoms with Crippen molar-refractivity contribution in [3.8, 4) is 0 Å². The Morgan fingerprint density at radius 2 is 1.49 bits per heavy atom. The van der Waals surface area contributed by atoms with Crippen LogP contribution in [0.25, 0.3) is 0 Å². The summed E-state index contributed by atoms with van der Waals surface area (Å²) in [7, 11) is 1.73. The van der Waals surface area contributed by atoms with Crippen LogP contribution in [0.2, 0.25) is 0 Å². The molecular formula is C31H33N3O2S. The summed E-state index contributed by atoms with van der Waals surface area (Å²) in [5, 5.41) is 0.561. The van der Waals surface area contributed by atoms with Crippen molar-refractivity contribution in [3.63, 3.8) is 0 Å². The van der Waals surface area contributed by atoms with Crippen molar-refractivity contribution in [2.75, 3.05) is 12.3 Å². The summed E-state index contributed by atoms with van der Waals surface area (Å²) in [5.74, 6) is 0.249. The highest BCUT2D eigenvalue weighted by atomic mass is 32.2. The molecule has 0 aliphatic rings. The molecular weight excluding hydrogens is 478 g/mol. The predicted octanol–water partition coefficient (Wildman–Crippen LogP) is 5.35. The predicted molar refractivity (Wildman–Crippen MR) is 151 cm³/mol. The van der Waals surface area contributed by atoms with Gasteiger partial charge >= 0.3 is 0 Å². The second kappa shape index (κ2) is 12.5. The molecule has 1 heterocycles. The highest BCUT2D eigenvalue weighted by Gasteiger charge is 2.18. The summed E-state index contributed by atoms with van der Waals surface area (Å²) >= 11 is 1.32. The van der Waals surface area contributed by atoms with Crippen LogP contribution in [-0.2, 0) is 31.2 Å².